The molecule has 1 amide bonds. The van der Waals surface area contributed by atoms with E-state index >= 15 is 0 Å². The third-order valence-corrected chi connectivity index (χ3v) is 8.45. The minimum atomic E-state index is -0.590. The number of amides is 1. The molecule has 3 aromatic rings. The van der Waals surface area contributed by atoms with Gasteiger partial charge in [-0.25, -0.2) is 4.39 Å². The van der Waals surface area contributed by atoms with Crippen molar-refractivity contribution in [1.82, 2.24) is 10.2 Å². The number of carbonyl (C=O) groups excluding carboxylic acids is 2. The van der Waals surface area contributed by atoms with E-state index in [0.29, 0.717) is 50.7 Å². The molecule has 0 fully saturated rings. The number of benzene rings is 2. The van der Waals surface area contributed by atoms with Gasteiger partial charge in [-0.05, 0) is 54.8 Å². The molecule has 12 heteroatoms. The van der Waals surface area contributed by atoms with Crippen LogP contribution in [0, 0.1) is 17.1 Å². The zero-order valence-corrected chi connectivity index (χ0v) is 22.2. The summed E-state index contributed by atoms with van der Waals surface area (Å²) < 4.78 is 13.6. The lowest BCUT2D eigenvalue weighted by Crippen LogP contribution is -2.38. The van der Waals surface area contributed by atoms with Crippen molar-refractivity contribution in [1.29, 1.82) is 5.26 Å². The minimum absolute atomic E-state index is 0.0342. The number of thioether (sulfide) groups is 1. The average molecular weight is 567 g/mol. The Balaban J connectivity index is 1.41. The van der Waals surface area contributed by atoms with Gasteiger partial charge in [-0.2, -0.15) is 5.26 Å². The highest BCUT2D eigenvalue weighted by molar-refractivity contribution is 8.01. The van der Waals surface area contributed by atoms with E-state index in [4.69, 9.17) is 17.3 Å². The van der Waals surface area contributed by atoms with Crippen LogP contribution in [0.4, 0.5) is 15.2 Å². The maximum Gasteiger partial charge on any atom is 0.234 e. The molecule has 3 N–H and O–H groups in total. The standard InChI is InChI=1S/C26H20ClFN6O2S2/c27-15-6-4-14(5-7-15)22-18(12-29)24(30)34(19-2-1-3-20(35)23(19)22)25-32-33-26(38-25)37-13-21(36)31-17-10-8-16(28)9-11-17/h4-11,22H,1-3,13,30H2,(H,31,36). The Morgan fingerprint density at radius 2 is 1.95 bits per heavy atom. The molecule has 192 valence electrons. The van der Waals surface area contributed by atoms with Gasteiger partial charge in [0, 0.05) is 28.4 Å². The summed E-state index contributed by atoms with van der Waals surface area (Å²) in [5.74, 6) is -1.03. The summed E-state index contributed by atoms with van der Waals surface area (Å²) in [6.45, 7) is 0. The summed E-state index contributed by atoms with van der Waals surface area (Å²) in [5, 5.41) is 22.2. The third-order valence-electron chi connectivity index (χ3n) is 6.16. The van der Waals surface area contributed by atoms with Crippen molar-refractivity contribution in [3.05, 3.63) is 87.6 Å². The zero-order chi connectivity index (χ0) is 26.8. The maximum atomic E-state index is 13.2. The van der Waals surface area contributed by atoms with Gasteiger partial charge in [-0.3, -0.25) is 14.5 Å². The smallest absolute Gasteiger partial charge is 0.234 e. The molecular weight excluding hydrogens is 547 g/mol. The second kappa shape index (κ2) is 10.9. The van der Waals surface area contributed by atoms with Crippen LogP contribution in [0.3, 0.4) is 0 Å². The quantitative estimate of drug-likeness (QED) is 0.382. The lowest BCUT2D eigenvalue weighted by atomic mass is 9.76. The van der Waals surface area contributed by atoms with Gasteiger partial charge in [0.25, 0.3) is 0 Å². The first kappa shape index (κ1) is 25.9. The van der Waals surface area contributed by atoms with Crippen molar-refractivity contribution in [2.24, 2.45) is 5.73 Å². The maximum absolute atomic E-state index is 13.2. The van der Waals surface area contributed by atoms with Crippen molar-refractivity contribution in [3.8, 4) is 6.07 Å². The van der Waals surface area contributed by atoms with Crippen LogP contribution in [0.5, 0.6) is 0 Å². The number of nitrogens with zero attached hydrogens (tertiary/aromatic N) is 4. The van der Waals surface area contributed by atoms with Gasteiger partial charge >= 0.3 is 0 Å². The van der Waals surface area contributed by atoms with Crippen LogP contribution < -0.4 is 16.0 Å². The number of carbonyl (C=O) groups is 2. The molecule has 0 saturated heterocycles. The molecule has 0 bridgehead atoms. The van der Waals surface area contributed by atoms with Gasteiger partial charge in [-0.15, -0.1) is 10.2 Å². The number of hydrogen-bond donors (Lipinski definition) is 2. The van der Waals surface area contributed by atoms with Gasteiger partial charge in [0.1, 0.15) is 11.6 Å². The Bertz CT molecular complexity index is 1510. The molecule has 0 saturated carbocycles. The fraction of sp³-hybridized carbons (Fsp3) is 0.192. The van der Waals surface area contributed by atoms with E-state index in [-0.39, 0.29) is 34.7 Å². The van der Waals surface area contributed by atoms with Crippen LogP contribution in [0.25, 0.3) is 0 Å². The van der Waals surface area contributed by atoms with Gasteiger partial charge in [0.15, 0.2) is 10.1 Å². The van der Waals surface area contributed by atoms with Gasteiger partial charge in [0.2, 0.25) is 11.0 Å². The zero-order valence-electron chi connectivity index (χ0n) is 19.8. The molecule has 2 aliphatic rings. The van der Waals surface area contributed by atoms with Crippen molar-refractivity contribution < 1.29 is 14.0 Å². The van der Waals surface area contributed by atoms with E-state index in [1.165, 1.54) is 47.4 Å². The van der Waals surface area contributed by atoms with E-state index in [2.05, 4.69) is 21.6 Å². The summed E-state index contributed by atoms with van der Waals surface area (Å²) in [5.41, 5.74) is 9.30. The topological polar surface area (TPSA) is 125 Å². The van der Waals surface area contributed by atoms with Crippen LogP contribution in [0.2, 0.25) is 5.02 Å². The van der Waals surface area contributed by atoms with Crippen LogP contribution in [-0.2, 0) is 9.59 Å². The molecule has 2 heterocycles. The number of anilines is 2. The molecule has 2 aromatic carbocycles. The first-order valence-corrected chi connectivity index (χ1v) is 13.8. The first-order valence-electron chi connectivity index (χ1n) is 11.6. The molecule has 5 rings (SSSR count). The molecule has 38 heavy (non-hydrogen) atoms. The fourth-order valence-electron chi connectivity index (χ4n) is 4.50. The number of rotatable bonds is 6. The molecule has 0 radical (unpaired) electrons. The molecule has 1 aromatic heterocycles. The van der Waals surface area contributed by atoms with E-state index in [1.807, 2.05) is 0 Å². The highest BCUT2D eigenvalue weighted by Crippen LogP contribution is 2.47. The van der Waals surface area contributed by atoms with Crippen LogP contribution in [0.15, 0.2) is 75.5 Å². The highest BCUT2D eigenvalue weighted by Gasteiger charge is 2.41. The SMILES string of the molecule is N#CC1=C(N)N(c2nnc(SCC(=O)Nc3ccc(F)cc3)s2)C2=C(C(=O)CCC2)C1c1ccc(Cl)cc1. The monoisotopic (exact) mass is 566 g/mol. The number of nitrogens with one attached hydrogen (secondary N) is 1. The van der Waals surface area contributed by atoms with Crippen molar-refractivity contribution in [2.45, 2.75) is 29.5 Å². The number of nitriles is 1. The second-order valence-electron chi connectivity index (χ2n) is 8.56. The molecule has 1 aliphatic carbocycles. The summed E-state index contributed by atoms with van der Waals surface area (Å²) in [4.78, 5) is 27.2. The molecular formula is C26H20ClFN6O2S2. The number of halogens is 2. The Labute approximate surface area is 231 Å². The van der Waals surface area contributed by atoms with Crippen molar-refractivity contribution >= 4 is 57.2 Å². The van der Waals surface area contributed by atoms with E-state index in [1.54, 1.807) is 29.2 Å². The highest BCUT2D eigenvalue weighted by atomic mass is 35.5. The van der Waals surface area contributed by atoms with E-state index in [0.717, 1.165) is 5.56 Å². The summed E-state index contributed by atoms with van der Waals surface area (Å²) in [6.07, 6.45) is 1.63. The molecule has 8 nitrogen and oxygen atoms in total. The number of allylic oxidation sites excluding steroid dienone is 3. The predicted molar refractivity (Wildman–Crippen MR) is 145 cm³/mol. The number of ketones is 1. The van der Waals surface area contributed by atoms with Crippen LogP contribution in [-0.4, -0.2) is 27.6 Å². The first-order chi connectivity index (χ1) is 18.4. The minimum Gasteiger partial charge on any atom is -0.384 e. The largest absolute Gasteiger partial charge is 0.384 e. The summed E-state index contributed by atoms with van der Waals surface area (Å²) in [6, 6.07) is 14.8. The molecule has 1 atom stereocenters. The van der Waals surface area contributed by atoms with Crippen molar-refractivity contribution in [3.63, 3.8) is 0 Å². The molecule has 1 unspecified atom stereocenters. The Morgan fingerprint density at radius 3 is 2.66 bits per heavy atom. The Morgan fingerprint density at radius 1 is 1.21 bits per heavy atom. The second-order valence-corrected chi connectivity index (χ2v) is 11.2. The molecule has 0 spiro atoms. The number of hydrogen-bond acceptors (Lipinski definition) is 9. The number of nitrogens with two attached hydrogens (primary N) is 1. The lowest BCUT2D eigenvalue weighted by Gasteiger charge is -2.38. The number of Topliss-reactive ketones (excluding diaryl/α,β-unsaturated/α-hetero) is 1. The van der Waals surface area contributed by atoms with Gasteiger partial charge in [0.05, 0.1) is 23.3 Å². The fourth-order valence-corrected chi connectivity index (χ4v) is 6.31. The Kier molecular flexibility index (Phi) is 7.46. The van der Waals surface area contributed by atoms with E-state index in [9.17, 15) is 19.2 Å². The Hall–Kier alpha value is -3.72. The van der Waals surface area contributed by atoms with Crippen LogP contribution in [0.1, 0.15) is 30.7 Å². The third kappa shape index (κ3) is 5.15. The lowest BCUT2D eigenvalue weighted by molar-refractivity contribution is -0.116. The number of aromatic nitrogens is 2. The van der Waals surface area contributed by atoms with Crippen LogP contribution >= 0.6 is 34.7 Å². The van der Waals surface area contributed by atoms with Gasteiger partial charge in [-0.1, -0.05) is 46.8 Å². The molecule has 1 aliphatic heterocycles. The van der Waals surface area contributed by atoms with E-state index < -0.39 is 5.92 Å². The van der Waals surface area contributed by atoms with Crippen molar-refractivity contribution in [2.75, 3.05) is 16.0 Å². The van der Waals surface area contributed by atoms with Gasteiger partial charge < -0.3 is 11.1 Å². The predicted octanol–water partition coefficient (Wildman–Crippen LogP) is 5.37. The summed E-state index contributed by atoms with van der Waals surface area (Å²) in [7, 11) is 0. The summed E-state index contributed by atoms with van der Waals surface area (Å²) >= 11 is 8.47. The average Bonchev–Trinajstić information content (AvgIpc) is 3.37. The normalized spacial score (nSPS) is 17.3.